The molecule has 0 spiro atoms. The predicted molar refractivity (Wildman–Crippen MR) is 76.1 cm³/mol. The number of carbonyl (C=O) groups excluding carboxylic acids is 1. The van der Waals surface area contributed by atoms with Gasteiger partial charge in [-0.3, -0.25) is 9.69 Å². The molecular weight excluding hydrogens is 268 g/mol. The number of rotatable bonds is 4. The van der Waals surface area contributed by atoms with Gasteiger partial charge in [-0.15, -0.1) is 22.9 Å². The average molecular weight is 287 g/mol. The van der Waals surface area contributed by atoms with E-state index in [4.69, 9.17) is 11.6 Å². The maximum Gasteiger partial charge on any atom is 0.223 e. The molecule has 1 aliphatic heterocycles. The molecule has 0 aromatic carbocycles. The SMILES string of the molecule is O=C(CCCl)N1CCCN(Cc2cccs2)CC1. The Kier molecular flexibility index (Phi) is 5.47. The highest BCUT2D eigenvalue weighted by Gasteiger charge is 2.18. The van der Waals surface area contributed by atoms with E-state index in [-0.39, 0.29) is 5.91 Å². The number of amides is 1. The molecule has 100 valence electrons. The standard InChI is InChI=1S/C13H19ClN2OS/c14-5-4-13(17)16-7-2-6-15(8-9-16)11-12-3-1-10-18-12/h1,3,10H,2,4-9,11H2. The van der Waals surface area contributed by atoms with Crippen LogP contribution in [0.15, 0.2) is 17.5 Å². The third-order valence-electron chi connectivity index (χ3n) is 3.21. The molecule has 1 aliphatic rings. The molecule has 0 N–H and O–H groups in total. The second kappa shape index (κ2) is 7.12. The Labute approximate surface area is 117 Å². The summed E-state index contributed by atoms with van der Waals surface area (Å²) in [6.45, 7) is 4.75. The van der Waals surface area contributed by atoms with Crippen LogP contribution in [0.5, 0.6) is 0 Å². The topological polar surface area (TPSA) is 23.6 Å². The zero-order valence-electron chi connectivity index (χ0n) is 10.5. The molecule has 18 heavy (non-hydrogen) atoms. The van der Waals surface area contributed by atoms with E-state index in [1.54, 1.807) is 11.3 Å². The Bertz CT molecular complexity index is 369. The average Bonchev–Trinajstić information content (AvgIpc) is 2.74. The van der Waals surface area contributed by atoms with Gasteiger partial charge in [0.05, 0.1) is 0 Å². The van der Waals surface area contributed by atoms with E-state index in [2.05, 4.69) is 22.4 Å². The van der Waals surface area contributed by atoms with Crippen molar-refractivity contribution in [3.63, 3.8) is 0 Å². The van der Waals surface area contributed by atoms with Gasteiger partial charge in [-0.1, -0.05) is 6.07 Å². The second-order valence-corrected chi connectivity index (χ2v) is 5.94. The van der Waals surface area contributed by atoms with Crippen molar-refractivity contribution in [2.45, 2.75) is 19.4 Å². The van der Waals surface area contributed by atoms with Gasteiger partial charge in [0.15, 0.2) is 0 Å². The van der Waals surface area contributed by atoms with Crippen LogP contribution in [0.2, 0.25) is 0 Å². The van der Waals surface area contributed by atoms with Crippen LogP contribution in [0.1, 0.15) is 17.7 Å². The van der Waals surface area contributed by atoms with Crippen LogP contribution in [-0.4, -0.2) is 47.8 Å². The molecule has 0 unspecified atom stereocenters. The molecule has 0 saturated carbocycles. The summed E-state index contributed by atoms with van der Waals surface area (Å²) in [5.74, 6) is 0.622. The molecule has 2 rings (SSSR count). The van der Waals surface area contributed by atoms with Crippen molar-refractivity contribution in [2.75, 3.05) is 32.1 Å². The molecule has 1 aromatic rings. The van der Waals surface area contributed by atoms with Gasteiger partial charge in [-0.25, -0.2) is 0 Å². The minimum atomic E-state index is 0.197. The van der Waals surface area contributed by atoms with E-state index in [1.165, 1.54) is 4.88 Å². The van der Waals surface area contributed by atoms with Crippen LogP contribution in [0, 0.1) is 0 Å². The van der Waals surface area contributed by atoms with Crippen LogP contribution in [-0.2, 0) is 11.3 Å². The normalized spacial score (nSPS) is 17.7. The second-order valence-electron chi connectivity index (χ2n) is 4.53. The molecule has 0 radical (unpaired) electrons. The molecule has 1 fully saturated rings. The molecule has 0 atom stereocenters. The molecule has 5 heteroatoms. The Morgan fingerprint density at radius 3 is 2.94 bits per heavy atom. The van der Waals surface area contributed by atoms with Crippen molar-refractivity contribution in [1.29, 1.82) is 0 Å². The summed E-state index contributed by atoms with van der Waals surface area (Å²) < 4.78 is 0. The van der Waals surface area contributed by atoms with Gasteiger partial charge in [0, 0.05) is 49.9 Å². The third kappa shape index (κ3) is 3.97. The summed E-state index contributed by atoms with van der Waals surface area (Å²) in [6.07, 6.45) is 1.52. The highest BCUT2D eigenvalue weighted by molar-refractivity contribution is 7.09. The summed E-state index contributed by atoms with van der Waals surface area (Å²) in [5.41, 5.74) is 0. The van der Waals surface area contributed by atoms with Crippen LogP contribution in [0.25, 0.3) is 0 Å². The number of hydrogen-bond donors (Lipinski definition) is 0. The Morgan fingerprint density at radius 2 is 2.22 bits per heavy atom. The Balaban J connectivity index is 1.82. The van der Waals surface area contributed by atoms with E-state index in [1.807, 2.05) is 4.90 Å². The zero-order valence-corrected chi connectivity index (χ0v) is 12.1. The minimum absolute atomic E-state index is 0.197. The largest absolute Gasteiger partial charge is 0.341 e. The van der Waals surface area contributed by atoms with Crippen LogP contribution < -0.4 is 0 Å². The number of thiophene rings is 1. The van der Waals surface area contributed by atoms with Gasteiger partial charge in [-0.05, 0) is 17.9 Å². The van der Waals surface area contributed by atoms with Crippen molar-refractivity contribution >= 4 is 28.8 Å². The number of hydrogen-bond acceptors (Lipinski definition) is 3. The van der Waals surface area contributed by atoms with E-state index in [0.29, 0.717) is 12.3 Å². The number of alkyl halides is 1. The summed E-state index contributed by atoms with van der Waals surface area (Å²) in [4.78, 5) is 17.6. The van der Waals surface area contributed by atoms with Crippen LogP contribution in [0.3, 0.4) is 0 Å². The van der Waals surface area contributed by atoms with Crippen molar-refractivity contribution < 1.29 is 4.79 Å². The number of nitrogens with zero attached hydrogens (tertiary/aromatic N) is 2. The van der Waals surface area contributed by atoms with Crippen molar-refractivity contribution in [3.8, 4) is 0 Å². The van der Waals surface area contributed by atoms with Gasteiger partial charge in [-0.2, -0.15) is 0 Å². The van der Waals surface area contributed by atoms with Gasteiger partial charge in [0.2, 0.25) is 5.91 Å². The molecule has 0 bridgehead atoms. The third-order valence-corrected chi connectivity index (χ3v) is 4.26. The summed E-state index contributed by atoms with van der Waals surface area (Å²) in [7, 11) is 0. The fourth-order valence-corrected chi connectivity index (χ4v) is 3.15. The van der Waals surface area contributed by atoms with E-state index in [9.17, 15) is 4.79 Å². The summed E-state index contributed by atoms with van der Waals surface area (Å²) >= 11 is 7.42. The van der Waals surface area contributed by atoms with E-state index in [0.717, 1.165) is 39.1 Å². The van der Waals surface area contributed by atoms with Gasteiger partial charge in [0.1, 0.15) is 0 Å². The van der Waals surface area contributed by atoms with Crippen molar-refractivity contribution in [3.05, 3.63) is 22.4 Å². The fraction of sp³-hybridized carbons (Fsp3) is 0.615. The molecule has 2 heterocycles. The van der Waals surface area contributed by atoms with Crippen LogP contribution >= 0.6 is 22.9 Å². The Morgan fingerprint density at radius 1 is 1.33 bits per heavy atom. The summed E-state index contributed by atoms with van der Waals surface area (Å²) in [5, 5.41) is 2.11. The maximum absolute atomic E-state index is 11.8. The lowest BCUT2D eigenvalue weighted by Gasteiger charge is -2.21. The maximum atomic E-state index is 11.8. The van der Waals surface area contributed by atoms with Crippen LogP contribution in [0.4, 0.5) is 0 Å². The van der Waals surface area contributed by atoms with E-state index < -0.39 is 0 Å². The lowest BCUT2D eigenvalue weighted by molar-refractivity contribution is -0.130. The highest BCUT2D eigenvalue weighted by atomic mass is 35.5. The number of carbonyl (C=O) groups is 1. The first kappa shape index (κ1) is 13.8. The molecule has 1 aromatic heterocycles. The van der Waals surface area contributed by atoms with Gasteiger partial charge < -0.3 is 4.90 Å². The predicted octanol–water partition coefficient (Wildman–Crippen LogP) is 2.41. The first-order valence-corrected chi connectivity index (χ1v) is 7.79. The minimum Gasteiger partial charge on any atom is -0.341 e. The summed E-state index contributed by atoms with van der Waals surface area (Å²) in [6, 6.07) is 4.26. The molecule has 0 aliphatic carbocycles. The van der Waals surface area contributed by atoms with Crippen molar-refractivity contribution in [1.82, 2.24) is 9.80 Å². The van der Waals surface area contributed by atoms with Gasteiger partial charge >= 0.3 is 0 Å². The molecule has 1 saturated heterocycles. The molecule has 3 nitrogen and oxygen atoms in total. The lowest BCUT2D eigenvalue weighted by Crippen LogP contribution is -2.35. The Hall–Kier alpha value is -0.580. The number of halogens is 1. The first-order valence-electron chi connectivity index (χ1n) is 6.38. The fourth-order valence-electron chi connectivity index (χ4n) is 2.24. The molecule has 1 amide bonds. The zero-order chi connectivity index (χ0) is 12.8. The lowest BCUT2D eigenvalue weighted by atomic mass is 10.3. The quantitative estimate of drug-likeness (QED) is 0.794. The van der Waals surface area contributed by atoms with Crippen molar-refractivity contribution in [2.24, 2.45) is 0 Å². The molecular formula is C13H19ClN2OS. The monoisotopic (exact) mass is 286 g/mol. The highest BCUT2D eigenvalue weighted by Crippen LogP contribution is 2.14. The van der Waals surface area contributed by atoms with Gasteiger partial charge in [0.25, 0.3) is 0 Å². The smallest absolute Gasteiger partial charge is 0.223 e. The first-order chi connectivity index (χ1) is 8.79. The van der Waals surface area contributed by atoms with E-state index >= 15 is 0 Å².